The number of aromatic nitrogens is 1. The molecule has 4 nitrogen and oxygen atoms in total. The van der Waals surface area contributed by atoms with Crippen molar-refractivity contribution in [2.24, 2.45) is 0 Å². The molecule has 2 rings (SSSR count). The molecule has 0 saturated carbocycles. The lowest BCUT2D eigenvalue weighted by Crippen LogP contribution is -2.19. The minimum Gasteiger partial charge on any atom is -0.489 e. The molecule has 0 bridgehead atoms. The molecule has 0 aliphatic carbocycles. The molecule has 0 aliphatic rings. The Bertz CT molecular complexity index is 607. The van der Waals surface area contributed by atoms with Gasteiger partial charge in [0.1, 0.15) is 6.61 Å². The first-order valence-corrected chi connectivity index (χ1v) is 5.66. The third-order valence-corrected chi connectivity index (χ3v) is 2.57. The smallest absolute Gasteiger partial charge is 0.248 e. The SMILES string of the molecule is CN(C)CCOc1cc2[nH]c(=O)ccc2cc1F. The van der Waals surface area contributed by atoms with Crippen LogP contribution in [-0.4, -0.2) is 37.1 Å². The number of aromatic amines is 1. The number of fused-ring (bicyclic) bond motifs is 1. The van der Waals surface area contributed by atoms with Crippen LogP contribution >= 0.6 is 0 Å². The van der Waals surface area contributed by atoms with Crippen molar-refractivity contribution in [3.05, 3.63) is 40.4 Å². The number of hydrogen-bond donors (Lipinski definition) is 1. The molecule has 2 aromatic rings. The first kappa shape index (κ1) is 12.6. The number of rotatable bonds is 4. The molecule has 0 unspecified atom stereocenters. The third kappa shape index (κ3) is 2.87. The van der Waals surface area contributed by atoms with Crippen molar-refractivity contribution in [1.82, 2.24) is 9.88 Å². The maximum atomic E-state index is 13.7. The predicted octanol–water partition coefficient (Wildman–Crippen LogP) is 1.61. The maximum Gasteiger partial charge on any atom is 0.248 e. The molecule has 0 spiro atoms. The summed E-state index contributed by atoms with van der Waals surface area (Å²) >= 11 is 0. The lowest BCUT2D eigenvalue weighted by Gasteiger charge is -2.12. The van der Waals surface area contributed by atoms with E-state index in [4.69, 9.17) is 4.74 Å². The van der Waals surface area contributed by atoms with Gasteiger partial charge in [0.15, 0.2) is 11.6 Å². The minimum absolute atomic E-state index is 0.159. The van der Waals surface area contributed by atoms with Crippen molar-refractivity contribution < 1.29 is 9.13 Å². The normalized spacial score (nSPS) is 11.1. The number of halogens is 1. The van der Waals surface area contributed by atoms with E-state index in [0.29, 0.717) is 24.1 Å². The zero-order chi connectivity index (χ0) is 13.1. The monoisotopic (exact) mass is 250 g/mol. The topological polar surface area (TPSA) is 45.3 Å². The Labute approximate surface area is 104 Å². The van der Waals surface area contributed by atoms with Crippen molar-refractivity contribution >= 4 is 10.9 Å². The van der Waals surface area contributed by atoms with Crippen LogP contribution < -0.4 is 10.3 Å². The highest BCUT2D eigenvalue weighted by atomic mass is 19.1. The Hall–Kier alpha value is -1.88. The van der Waals surface area contributed by atoms with E-state index < -0.39 is 5.82 Å². The zero-order valence-corrected chi connectivity index (χ0v) is 10.4. The number of benzene rings is 1. The summed E-state index contributed by atoms with van der Waals surface area (Å²) in [5, 5.41) is 0.645. The van der Waals surface area contributed by atoms with E-state index >= 15 is 0 Å². The molecule has 0 radical (unpaired) electrons. The van der Waals surface area contributed by atoms with E-state index in [2.05, 4.69) is 4.98 Å². The predicted molar refractivity (Wildman–Crippen MR) is 68.6 cm³/mol. The van der Waals surface area contributed by atoms with Crippen LogP contribution in [0.5, 0.6) is 5.75 Å². The molecule has 0 atom stereocenters. The van der Waals surface area contributed by atoms with Crippen molar-refractivity contribution in [3.8, 4) is 5.75 Å². The summed E-state index contributed by atoms with van der Waals surface area (Å²) in [6.07, 6.45) is 0. The Kier molecular flexibility index (Phi) is 3.62. The summed E-state index contributed by atoms with van der Waals surface area (Å²) in [5.41, 5.74) is 0.358. The van der Waals surface area contributed by atoms with E-state index in [-0.39, 0.29) is 11.3 Å². The molecule has 1 aromatic carbocycles. The average Bonchev–Trinajstić information content (AvgIpc) is 2.30. The molecule has 96 valence electrons. The maximum absolute atomic E-state index is 13.7. The second-order valence-corrected chi connectivity index (χ2v) is 4.34. The van der Waals surface area contributed by atoms with Gasteiger partial charge in [-0.2, -0.15) is 0 Å². The van der Waals surface area contributed by atoms with Gasteiger partial charge in [0.25, 0.3) is 0 Å². The van der Waals surface area contributed by atoms with Crippen LogP contribution in [0.4, 0.5) is 4.39 Å². The quantitative estimate of drug-likeness (QED) is 0.896. The standard InChI is InChI=1S/C13H15FN2O2/c1-16(2)5-6-18-12-8-11-9(7-10(12)14)3-4-13(17)15-11/h3-4,7-8H,5-6H2,1-2H3,(H,15,17). The third-order valence-electron chi connectivity index (χ3n) is 2.57. The summed E-state index contributed by atoms with van der Waals surface area (Å²) in [7, 11) is 3.83. The molecule has 0 saturated heterocycles. The van der Waals surface area contributed by atoms with Gasteiger partial charge in [-0.25, -0.2) is 4.39 Å². The van der Waals surface area contributed by atoms with Crippen molar-refractivity contribution in [3.63, 3.8) is 0 Å². The summed E-state index contributed by atoms with van der Waals surface area (Å²) < 4.78 is 19.1. The number of pyridine rings is 1. The first-order chi connectivity index (χ1) is 8.56. The second-order valence-electron chi connectivity index (χ2n) is 4.34. The molecule has 18 heavy (non-hydrogen) atoms. The molecule has 1 N–H and O–H groups in total. The molecule has 1 heterocycles. The number of ether oxygens (including phenoxy) is 1. The van der Waals surface area contributed by atoms with Crippen molar-refractivity contribution in [2.45, 2.75) is 0 Å². The molecule has 0 amide bonds. The van der Waals surface area contributed by atoms with E-state index in [1.165, 1.54) is 18.2 Å². The molecular weight excluding hydrogens is 235 g/mol. The van der Waals surface area contributed by atoms with Crippen molar-refractivity contribution in [1.29, 1.82) is 0 Å². The number of nitrogens with zero attached hydrogens (tertiary/aromatic N) is 1. The first-order valence-electron chi connectivity index (χ1n) is 5.66. The van der Waals surface area contributed by atoms with Gasteiger partial charge < -0.3 is 14.6 Å². The Morgan fingerprint density at radius 1 is 1.33 bits per heavy atom. The fourth-order valence-electron chi connectivity index (χ4n) is 1.60. The van der Waals surface area contributed by atoms with Crippen LogP contribution in [0.2, 0.25) is 0 Å². The summed E-state index contributed by atoms with van der Waals surface area (Å²) in [5.74, 6) is -0.264. The fourth-order valence-corrected chi connectivity index (χ4v) is 1.60. The number of H-pyrrole nitrogens is 1. The van der Waals surface area contributed by atoms with Crippen LogP contribution in [0.15, 0.2) is 29.1 Å². The zero-order valence-electron chi connectivity index (χ0n) is 10.4. The van der Waals surface area contributed by atoms with Crippen molar-refractivity contribution in [2.75, 3.05) is 27.2 Å². The Balaban J connectivity index is 2.27. The van der Waals surface area contributed by atoms with Gasteiger partial charge >= 0.3 is 0 Å². The molecular formula is C13H15FN2O2. The molecule has 0 aliphatic heterocycles. The molecule has 1 aromatic heterocycles. The van der Waals surface area contributed by atoms with Gasteiger partial charge in [-0.05, 0) is 26.2 Å². The van der Waals surface area contributed by atoms with Crippen LogP contribution in [0.3, 0.4) is 0 Å². The second kappa shape index (κ2) is 5.18. The van der Waals surface area contributed by atoms with E-state index in [1.54, 1.807) is 6.07 Å². The summed E-state index contributed by atoms with van der Waals surface area (Å²) in [6, 6.07) is 5.83. The fraction of sp³-hybridized carbons (Fsp3) is 0.308. The molecule has 5 heteroatoms. The number of hydrogen-bond acceptors (Lipinski definition) is 3. The van der Waals surface area contributed by atoms with Gasteiger partial charge in [-0.3, -0.25) is 4.79 Å². The van der Waals surface area contributed by atoms with Crippen LogP contribution in [-0.2, 0) is 0 Å². The highest BCUT2D eigenvalue weighted by Crippen LogP contribution is 2.22. The average molecular weight is 250 g/mol. The lowest BCUT2D eigenvalue weighted by molar-refractivity contribution is 0.252. The molecule has 0 fully saturated rings. The minimum atomic E-state index is -0.423. The van der Waals surface area contributed by atoms with E-state index in [1.807, 2.05) is 19.0 Å². The Morgan fingerprint density at radius 2 is 2.11 bits per heavy atom. The highest BCUT2D eigenvalue weighted by Gasteiger charge is 2.06. The van der Waals surface area contributed by atoms with Gasteiger partial charge in [-0.15, -0.1) is 0 Å². The van der Waals surface area contributed by atoms with Gasteiger partial charge in [-0.1, -0.05) is 0 Å². The van der Waals surface area contributed by atoms with E-state index in [0.717, 1.165) is 0 Å². The lowest BCUT2D eigenvalue weighted by atomic mass is 10.2. The summed E-state index contributed by atoms with van der Waals surface area (Å²) in [4.78, 5) is 15.8. The van der Waals surface area contributed by atoms with Gasteiger partial charge in [0.2, 0.25) is 5.56 Å². The van der Waals surface area contributed by atoms with Crippen LogP contribution in [0.1, 0.15) is 0 Å². The van der Waals surface area contributed by atoms with Crippen LogP contribution in [0.25, 0.3) is 10.9 Å². The highest BCUT2D eigenvalue weighted by molar-refractivity contribution is 5.79. The number of nitrogens with one attached hydrogen (secondary N) is 1. The number of likely N-dealkylation sites (N-methyl/N-ethyl adjacent to an activating group) is 1. The van der Waals surface area contributed by atoms with E-state index in [9.17, 15) is 9.18 Å². The summed E-state index contributed by atoms with van der Waals surface area (Å²) in [6.45, 7) is 1.09. The van der Waals surface area contributed by atoms with Gasteiger partial charge in [0.05, 0.1) is 5.52 Å². The largest absolute Gasteiger partial charge is 0.489 e. The Morgan fingerprint density at radius 3 is 2.83 bits per heavy atom. The van der Waals surface area contributed by atoms with Crippen LogP contribution in [0, 0.1) is 5.82 Å². The van der Waals surface area contributed by atoms with Gasteiger partial charge in [0, 0.05) is 24.1 Å².